The van der Waals surface area contributed by atoms with Crippen LogP contribution in [0.15, 0.2) is 47.4 Å². The van der Waals surface area contributed by atoms with Crippen molar-refractivity contribution in [3.05, 3.63) is 60.0 Å². The fourth-order valence-corrected chi connectivity index (χ4v) is 4.01. The van der Waals surface area contributed by atoms with E-state index in [0.717, 1.165) is 61.8 Å². The molecule has 0 amide bonds. The summed E-state index contributed by atoms with van der Waals surface area (Å²) in [6.07, 6.45) is 3.34. The van der Waals surface area contributed by atoms with Crippen LogP contribution < -0.4 is 10.1 Å². The number of aromatic nitrogens is 5. The first-order valence-corrected chi connectivity index (χ1v) is 10.0. The highest BCUT2D eigenvalue weighted by molar-refractivity contribution is 6.12. The molecule has 0 bridgehead atoms. The van der Waals surface area contributed by atoms with Gasteiger partial charge in [-0.25, -0.2) is 9.97 Å². The van der Waals surface area contributed by atoms with E-state index in [9.17, 15) is 0 Å². The Kier molecular flexibility index (Phi) is 4.54. The smallest absolute Gasteiger partial charge is 0.143 e. The maximum Gasteiger partial charge on any atom is 0.143 e. The van der Waals surface area contributed by atoms with Crippen LogP contribution in [0.4, 0.5) is 5.82 Å². The molecule has 0 spiro atoms. The van der Waals surface area contributed by atoms with Gasteiger partial charge >= 0.3 is 0 Å². The Morgan fingerprint density at radius 2 is 2.00 bits per heavy atom. The molecule has 5 aromatic rings. The summed E-state index contributed by atoms with van der Waals surface area (Å²) in [5.41, 5.74) is 5.29. The highest BCUT2D eigenvalue weighted by Gasteiger charge is 2.20. The number of pyridine rings is 1. The van der Waals surface area contributed by atoms with Gasteiger partial charge in [-0.15, -0.1) is 0 Å². The van der Waals surface area contributed by atoms with Gasteiger partial charge in [-0.1, -0.05) is 11.2 Å². The maximum atomic E-state index is 5.74. The number of hydrogen-bond donors (Lipinski definition) is 2. The quantitative estimate of drug-likeness (QED) is 0.419. The van der Waals surface area contributed by atoms with Crippen molar-refractivity contribution in [2.75, 3.05) is 12.4 Å². The van der Waals surface area contributed by atoms with E-state index in [-0.39, 0.29) is 6.04 Å². The summed E-state index contributed by atoms with van der Waals surface area (Å²) < 4.78 is 11.1. The van der Waals surface area contributed by atoms with E-state index in [1.807, 2.05) is 44.2 Å². The van der Waals surface area contributed by atoms with Crippen LogP contribution in [-0.4, -0.2) is 32.2 Å². The van der Waals surface area contributed by atoms with Gasteiger partial charge in [-0.3, -0.25) is 4.98 Å². The zero-order valence-corrected chi connectivity index (χ0v) is 17.7. The van der Waals surface area contributed by atoms with E-state index < -0.39 is 0 Å². The Bertz CT molecular complexity index is 1370. The number of benzene rings is 1. The van der Waals surface area contributed by atoms with Crippen molar-refractivity contribution >= 4 is 27.8 Å². The fraction of sp³-hybridized carbons (Fsp3) is 0.217. The van der Waals surface area contributed by atoms with E-state index in [0.29, 0.717) is 0 Å². The van der Waals surface area contributed by atoms with Gasteiger partial charge in [0.25, 0.3) is 0 Å². The molecular weight excluding hydrogens is 392 g/mol. The van der Waals surface area contributed by atoms with Crippen LogP contribution in [0.3, 0.4) is 0 Å². The Balaban J connectivity index is 1.67. The van der Waals surface area contributed by atoms with E-state index in [4.69, 9.17) is 9.26 Å². The molecule has 1 aromatic carbocycles. The van der Waals surface area contributed by atoms with Crippen molar-refractivity contribution < 1.29 is 9.26 Å². The van der Waals surface area contributed by atoms with Crippen molar-refractivity contribution in [2.24, 2.45) is 0 Å². The van der Waals surface area contributed by atoms with Crippen molar-refractivity contribution in [3.8, 4) is 16.9 Å². The Labute approximate surface area is 178 Å². The molecule has 4 aromatic heterocycles. The lowest BCUT2D eigenvalue weighted by atomic mass is 10.0. The van der Waals surface area contributed by atoms with E-state index in [1.165, 1.54) is 0 Å². The molecule has 5 rings (SSSR count). The third-order valence-electron chi connectivity index (χ3n) is 5.50. The second-order valence-electron chi connectivity index (χ2n) is 7.49. The zero-order valence-electron chi connectivity index (χ0n) is 17.7. The molecule has 31 heavy (non-hydrogen) atoms. The monoisotopic (exact) mass is 414 g/mol. The van der Waals surface area contributed by atoms with E-state index in [1.54, 1.807) is 19.6 Å². The van der Waals surface area contributed by atoms with Gasteiger partial charge in [0.05, 0.1) is 35.5 Å². The number of nitrogens with zero attached hydrogens (tertiary/aromatic N) is 4. The third-order valence-corrected chi connectivity index (χ3v) is 5.50. The largest absolute Gasteiger partial charge is 0.496 e. The summed E-state index contributed by atoms with van der Waals surface area (Å²) in [4.78, 5) is 16.8. The molecule has 0 aliphatic heterocycles. The van der Waals surface area contributed by atoms with Gasteiger partial charge < -0.3 is 19.6 Å². The van der Waals surface area contributed by atoms with Crippen molar-refractivity contribution in [2.45, 2.75) is 26.8 Å². The molecule has 0 unspecified atom stereocenters. The Morgan fingerprint density at radius 3 is 2.71 bits per heavy atom. The van der Waals surface area contributed by atoms with Crippen LogP contribution >= 0.6 is 0 Å². The zero-order chi connectivity index (χ0) is 21.5. The number of nitrogens with one attached hydrogen (secondary N) is 2. The molecule has 4 heterocycles. The molecule has 0 radical (unpaired) electrons. The molecule has 8 nitrogen and oxygen atoms in total. The summed E-state index contributed by atoms with van der Waals surface area (Å²) in [6.45, 7) is 5.88. The molecule has 8 heteroatoms. The lowest BCUT2D eigenvalue weighted by Gasteiger charge is -2.14. The van der Waals surface area contributed by atoms with Crippen LogP contribution in [0.5, 0.6) is 5.75 Å². The molecule has 0 fully saturated rings. The Hall–Kier alpha value is -3.94. The van der Waals surface area contributed by atoms with Crippen LogP contribution in [0.2, 0.25) is 0 Å². The van der Waals surface area contributed by atoms with Gasteiger partial charge in [0, 0.05) is 22.7 Å². The number of methoxy groups -OCH3 is 1. The summed E-state index contributed by atoms with van der Waals surface area (Å²) in [6, 6.07) is 9.91. The molecular formula is C23H22N6O2. The first-order chi connectivity index (χ1) is 15.1. The highest BCUT2D eigenvalue weighted by atomic mass is 16.5. The third kappa shape index (κ3) is 3.16. The lowest BCUT2D eigenvalue weighted by Crippen LogP contribution is -2.09. The van der Waals surface area contributed by atoms with Gasteiger partial charge in [0.2, 0.25) is 0 Å². The molecule has 0 saturated heterocycles. The number of fused-ring (bicyclic) bond motifs is 3. The standard InChI is InChI=1S/C23H22N6O2/c1-12(17-7-5-6-8-24-17)27-22-21-15-10-19(30-4)16(20-13(2)29-31-14(20)3)9-18(15)28-23(21)26-11-25-22/h5-12H,1-4H3,(H2,25,26,27,28)/t12-/m1/s1. The minimum Gasteiger partial charge on any atom is -0.496 e. The topological polar surface area (TPSA) is 102 Å². The second-order valence-corrected chi connectivity index (χ2v) is 7.49. The number of H-pyrrole nitrogens is 1. The number of ether oxygens (including phenoxy) is 1. The van der Waals surface area contributed by atoms with Crippen molar-refractivity contribution in [1.82, 2.24) is 25.1 Å². The lowest BCUT2D eigenvalue weighted by molar-refractivity contribution is 0.393. The molecule has 2 N–H and O–H groups in total. The summed E-state index contributed by atoms with van der Waals surface area (Å²) in [5, 5.41) is 9.44. The van der Waals surface area contributed by atoms with Crippen LogP contribution in [0, 0.1) is 13.8 Å². The molecule has 1 atom stereocenters. The van der Waals surface area contributed by atoms with Gasteiger partial charge in [-0.2, -0.15) is 0 Å². The average molecular weight is 414 g/mol. The molecule has 0 aliphatic carbocycles. The maximum absolute atomic E-state index is 5.74. The second kappa shape index (κ2) is 7.39. The van der Waals surface area contributed by atoms with Crippen molar-refractivity contribution in [3.63, 3.8) is 0 Å². The first kappa shape index (κ1) is 19.0. The number of aryl methyl sites for hydroxylation is 2. The fourth-order valence-electron chi connectivity index (χ4n) is 4.01. The summed E-state index contributed by atoms with van der Waals surface area (Å²) in [7, 11) is 1.66. The predicted octanol–water partition coefficient (Wildman–Crippen LogP) is 4.96. The Morgan fingerprint density at radius 1 is 1.13 bits per heavy atom. The van der Waals surface area contributed by atoms with E-state index >= 15 is 0 Å². The van der Waals surface area contributed by atoms with Gasteiger partial charge in [0.1, 0.15) is 29.3 Å². The molecule has 0 aliphatic rings. The highest BCUT2D eigenvalue weighted by Crippen LogP contribution is 2.40. The van der Waals surface area contributed by atoms with Crippen LogP contribution in [0.25, 0.3) is 33.1 Å². The number of aromatic amines is 1. The van der Waals surface area contributed by atoms with Crippen LogP contribution in [-0.2, 0) is 0 Å². The van der Waals surface area contributed by atoms with Crippen LogP contribution in [0.1, 0.15) is 30.1 Å². The minimum absolute atomic E-state index is 0.0206. The molecule has 156 valence electrons. The SMILES string of the molecule is COc1cc2c(cc1-c1c(C)noc1C)[nH]c1ncnc(N[C@H](C)c3ccccn3)c12. The number of anilines is 1. The normalized spacial score (nSPS) is 12.4. The van der Waals surface area contributed by atoms with Gasteiger partial charge in [0.15, 0.2) is 0 Å². The minimum atomic E-state index is -0.0206. The predicted molar refractivity (Wildman–Crippen MR) is 119 cm³/mol. The van der Waals surface area contributed by atoms with Crippen molar-refractivity contribution in [1.29, 1.82) is 0 Å². The number of hydrogen-bond acceptors (Lipinski definition) is 7. The number of rotatable bonds is 5. The van der Waals surface area contributed by atoms with Gasteiger partial charge in [-0.05, 0) is 45.0 Å². The summed E-state index contributed by atoms with van der Waals surface area (Å²) >= 11 is 0. The average Bonchev–Trinajstić information content (AvgIpc) is 3.32. The molecule has 0 saturated carbocycles. The summed E-state index contributed by atoms with van der Waals surface area (Å²) in [5.74, 6) is 2.22. The first-order valence-electron chi connectivity index (χ1n) is 10.0. The van der Waals surface area contributed by atoms with E-state index in [2.05, 4.69) is 37.3 Å².